The van der Waals surface area contributed by atoms with E-state index in [2.05, 4.69) is 20.6 Å². The molecule has 2 heterocycles. The maximum atomic E-state index is 13.1. The number of urea groups is 1. The van der Waals surface area contributed by atoms with Gasteiger partial charge in [0.2, 0.25) is 0 Å². The maximum absolute atomic E-state index is 13.1. The lowest BCUT2D eigenvalue weighted by Crippen LogP contribution is -2.38. The zero-order valence-electron chi connectivity index (χ0n) is 23.3. The Labute approximate surface area is 234 Å². The minimum absolute atomic E-state index is 0.0523. The van der Waals surface area contributed by atoms with Crippen LogP contribution in [-0.2, 0) is 10.2 Å². The number of aromatic nitrogens is 2. The van der Waals surface area contributed by atoms with Crippen LogP contribution in [0.25, 0.3) is 16.5 Å². The molecular weight excluding hydrogens is 506 g/mol. The highest BCUT2D eigenvalue weighted by Crippen LogP contribution is 2.32. The molecule has 3 aromatic carbocycles. The fraction of sp³-hybridized carbons (Fsp3) is 0.355. The Morgan fingerprint density at radius 3 is 2.58 bits per heavy atom. The van der Waals surface area contributed by atoms with Gasteiger partial charge in [0.25, 0.3) is 0 Å². The molecule has 0 spiro atoms. The molecule has 1 fully saturated rings. The molecule has 1 aliphatic heterocycles. The minimum atomic E-state index is -0.372. The number of nitrogens with one attached hydrogen (secondary N) is 2. The van der Waals surface area contributed by atoms with E-state index in [0.29, 0.717) is 18.1 Å². The largest absolute Gasteiger partial charge is 0.492 e. The number of hydrogen-bond donors (Lipinski definition) is 3. The molecule has 1 aliphatic rings. The van der Waals surface area contributed by atoms with E-state index >= 15 is 0 Å². The Morgan fingerprint density at radius 2 is 1.82 bits per heavy atom. The van der Waals surface area contributed by atoms with Crippen LogP contribution in [0.1, 0.15) is 25.0 Å². The Morgan fingerprint density at radius 1 is 1.05 bits per heavy atom. The van der Waals surface area contributed by atoms with Crippen molar-refractivity contribution in [3.63, 3.8) is 0 Å². The van der Waals surface area contributed by atoms with Gasteiger partial charge in [0.1, 0.15) is 18.2 Å². The number of carbonyl (C=O) groups excluding carboxylic acids is 1. The summed E-state index contributed by atoms with van der Waals surface area (Å²) in [4.78, 5) is 15.4. The SMILES string of the molecule is Cc1cc(C(C)(C)CO)ccc1-n1nccc1NC(=O)Nc1ccc(OCCN2CCOCC2)c2ccccc12. The van der Waals surface area contributed by atoms with Crippen molar-refractivity contribution in [1.29, 1.82) is 0 Å². The van der Waals surface area contributed by atoms with Crippen molar-refractivity contribution < 1.29 is 19.4 Å². The van der Waals surface area contributed by atoms with Crippen LogP contribution in [-0.4, -0.2) is 71.9 Å². The third-order valence-corrected chi connectivity index (χ3v) is 7.39. The molecule has 2 amide bonds. The van der Waals surface area contributed by atoms with Gasteiger partial charge in [-0.05, 0) is 36.2 Å². The van der Waals surface area contributed by atoms with Crippen LogP contribution in [0.2, 0.25) is 0 Å². The summed E-state index contributed by atoms with van der Waals surface area (Å²) in [7, 11) is 0. The fourth-order valence-corrected chi connectivity index (χ4v) is 4.88. The first kappa shape index (κ1) is 27.6. The van der Waals surface area contributed by atoms with E-state index in [1.807, 2.05) is 75.4 Å². The third-order valence-electron chi connectivity index (χ3n) is 7.39. The van der Waals surface area contributed by atoms with Gasteiger partial charge in [0, 0.05) is 41.9 Å². The summed E-state index contributed by atoms with van der Waals surface area (Å²) in [6.07, 6.45) is 1.65. The summed E-state index contributed by atoms with van der Waals surface area (Å²) in [5.41, 5.74) is 3.21. The van der Waals surface area contributed by atoms with Crippen molar-refractivity contribution in [2.75, 3.05) is 56.7 Å². The number of amides is 2. The fourth-order valence-electron chi connectivity index (χ4n) is 4.88. The number of hydrogen-bond acceptors (Lipinski definition) is 6. The van der Waals surface area contributed by atoms with Crippen molar-refractivity contribution in [2.24, 2.45) is 0 Å². The van der Waals surface area contributed by atoms with Crippen LogP contribution in [0.3, 0.4) is 0 Å². The number of carbonyl (C=O) groups is 1. The van der Waals surface area contributed by atoms with Crippen molar-refractivity contribution in [3.8, 4) is 11.4 Å². The number of anilines is 2. The number of fused-ring (bicyclic) bond motifs is 1. The molecule has 40 heavy (non-hydrogen) atoms. The van der Waals surface area contributed by atoms with Crippen molar-refractivity contribution in [2.45, 2.75) is 26.2 Å². The molecule has 0 atom stereocenters. The standard InChI is InChI=1S/C31H37N5O4/c1-22-20-23(31(2,3)21-37)8-10-27(22)36-29(12-13-32-36)34-30(38)33-26-9-11-28(25-7-5-4-6-24(25)26)40-19-16-35-14-17-39-18-15-35/h4-13,20,37H,14-19,21H2,1-3H3,(H2,33,34,38). The van der Waals surface area contributed by atoms with Crippen LogP contribution in [0, 0.1) is 6.92 Å². The molecular formula is C31H37N5O4. The summed E-state index contributed by atoms with van der Waals surface area (Å²) in [6, 6.07) is 19.0. The first-order valence-corrected chi connectivity index (χ1v) is 13.6. The Kier molecular flexibility index (Phi) is 8.35. The number of aliphatic hydroxyl groups is 1. The van der Waals surface area contributed by atoms with E-state index in [4.69, 9.17) is 9.47 Å². The molecule has 0 aliphatic carbocycles. The molecule has 3 N–H and O–H groups in total. The first-order chi connectivity index (χ1) is 19.4. The third kappa shape index (κ3) is 6.12. The summed E-state index contributed by atoms with van der Waals surface area (Å²) in [6.45, 7) is 10.9. The lowest BCUT2D eigenvalue weighted by atomic mass is 9.84. The van der Waals surface area contributed by atoms with Gasteiger partial charge in [0.05, 0.1) is 37.4 Å². The number of rotatable bonds is 9. The monoisotopic (exact) mass is 543 g/mol. The molecule has 1 aromatic heterocycles. The second-order valence-corrected chi connectivity index (χ2v) is 10.7. The number of benzene rings is 3. The van der Waals surface area contributed by atoms with Crippen LogP contribution < -0.4 is 15.4 Å². The van der Waals surface area contributed by atoms with Gasteiger partial charge < -0.3 is 19.9 Å². The van der Waals surface area contributed by atoms with E-state index in [-0.39, 0.29) is 18.1 Å². The van der Waals surface area contributed by atoms with Gasteiger partial charge in [-0.1, -0.05) is 50.2 Å². The van der Waals surface area contributed by atoms with Gasteiger partial charge >= 0.3 is 6.03 Å². The quantitative estimate of drug-likeness (QED) is 0.276. The average Bonchev–Trinajstić information content (AvgIpc) is 3.42. The summed E-state index contributed by atoms with van der Waals surface area (Å²) < 4.78 is 13.3. The minimum Gasteiger partial charge on any atom is -0.492 e. The maximum Gasteiger partial charge on any atom is 0.324 e. The molecule has 4 aromatic rings. The molecule has 210 valence electrons. The number of nitrogens with zero attached hydrogens (tertiary/aromatic N) is 3. The molecule has 0 radical (unpaired) electrons. The Hall–Kier alpha value is -3.92. The predicted octanol–water partition coefficient (Wildman–Crippen LogP) is 4.96. The van der Waals surface area contributed by atoms with E-state index in [0.717, 1.165) is 66.2 Å². The summed E-state index contributed by atoms with van der Waals surface area (Å²) >= 11 is 0. The van der Waals surface area contributed by atoms with Crippen LogP contribution >= 0.6 is 0 Å². The number of ether oxygens (including phenoxy) is 2. The highest BCUT2D eigenvalue weighted by atomic mass is 16.5. The van der Waals surface area contributed by atoms with Crippen molar-refractivity contribution in [3.05, 3.63) is 78.0 Å². The second-order valence-electron chi connectivity index (χ2n) is 10.7. The number of morpholine rings is 1. The average molecular weight is 544 g/mol. The Balaban J connectivity index is 1.29. The highest BCUT2D eigenvalue weighted by molar-refractivity contribution is 6.07. The molecule has 9 nitrogen and oxygen atoms in total. The highest BCUT2D eigenvalue weighted by Gasteiger charge is 2.21. The smallest absolute Gasteiger partial charge is 0.324 e. The predicted molar refractivity (Wildman–Crippen MR) is 158 cm³/mol. The molecule has 0 saturated carbocycles. The van der Waals surface area contributed by atoms with Crippen molar-refractivity contribution >= 4 is 28.3 Å². The normalized spacial score (nSPS) is 14.3. The molecule has 0 bridgehead atoms. The summed E-state index contributed by atoms with van der Waals surface area (Å²) in [5.74, 6) is 1.33. The topological polar surface area (TPSA) is 101 Å². The van der Waals surface area contributed by atoms with Crippen molar-refractivity contribution in [1.82, 2.24) is 14.7 Å². The van der Waals surface area contributed by atoms with Gasteiger partial charge in [-0.25, -0.2) is 9.48 Å². The lowest BCUT2D eigenvalue weighted by molar-refractivity contribution is 0.0323. The summed E-state index contributed by atoms with van der Waals surface area (Å²) in [5, 5.41) is 21.9. The van der Waals surface area contributed by atoms with Gasteiger partial charge in [-0.2, -0.15) is 5.10 Å². The molecule has 5 rings (SSSR count). The van der Waals surface area contributed by atoms with Crippen LogP contribution in [0.5, 0.6) is 5.75 Å². The van der Waals surface area contributed by atoms with Crippen LogP contribution in [0.15, 0.2) is 66.9 Å². The van der Waals surface area contributed by atoms with Gasteiger partial charge in [0.15, 0.2) is 0 Å². The van der Waals surface area contributed by atoms with Crippen LogP contribution in [0.4, 0.5) is 16.3 Å². The number of aliphatic hydroxyl groups excluding tert-OH is 1. The van der Waals surface area contributed by atoms with E-state index in [9.17, 15) is 9.90 Å². The second kappa shape index (κ2) is 12.1. The molecule has 9 heteroatoms. The first-order valence-electron chi connectivity index (χ1n) is 13.6. The molecule has 0 unspecified atom stereocenters. The number of aryl methyl sites for hydroxylation is 1. The zero-order valence-corrected chi connectivity index (χ0v) is 23.3. The zero-order chi connectivity index (χ0) is 28.1. The lowest BCUT2D eigenvalue weighted by Gasteiger charge is -2.26. The Bertz CT molecular complexity index is 1480. The molecule has 1 saturated heterocycles. The van der Waals surface area contributed by atoms with Gasteiger partial charge in [-0.15, -0.1) is 0 Å². The van der Waals surface area contributed by atoms with E-state index in [1.54, 1.807) is 16.9 Å². The van der Waals surface area contributed by atoms with Gasteiger partial charge in [-0.3, -0.25) is 10.2 Å². The van der Waals surface area contributed by atoms with E-state index < -0.39 is 0 Å². The van der Waals surface area contributed by atoms with E-state index in [1.165, 1.54) is 0 Å².